The van der Waals surface area contributed by atoms with Crippen LogP contribution in [-0.4, -0.2) is 34.5 Å². The highest BCUT2D eigenvalue weighted by Crippen LogP contribution is 2.09. The lowest BCUT2D eigenvalue weighted by Gasteiger charge is -2.01. The third-order valence-electron chi connectivity index (χ3n) is 3.35. The Balaban J connectivity index is 1.63. The topological polar surface area (TPSA) is 123 Å². The molecule has 140 valence electrons. The highest BCUT2D eigenvalue weighted by Gasteiger charge is 2.04. The van der Waals surface area contributed by atoms with Crippen LogP contribution in [0.3, 0.4) is 0 Å². The van der Waals surface area contributed by atoms with E-state index in [0.717, 1.165) is 0 Å². The van der Waals surface area contributed by atoms with Gasteiger partial charge < -0.3 is 10.2 Å². The Morgan fingerprint density at radius 3 is 1.67 bits per heavy atom. The number of nitrogens with zero attached hydrogens (tertiary/aromatic N) is 2. The molecule has 8 heteroatoms. The van der Waals surface area contributed by atoms with E-state index in [-0.39, 0.29) is 36.2 Å². The zero-order valence-corrected chi connectivity index (χ0v) is 14.5. The summed E-state index contributed by atoms with van der Waals surface area (Å²) in [4.78, 5) is 23.3. The van der Waals surface area contributed by atoms with Crippen molar-refractivity contribution in [2.45, 2.75) is 19.3 Å². The van der Waals surface area contributed by atoms with Gasteiger partial charge >= 0.3 is 0 Å². The molecule has 0 radical (unpaired) electrons. The number of benzene rings is 2. The maximum atomic E-state index is 11.7. The molecule has 2 rings (SSSR count). The summed E-state index contributed by atoms with van der Waals surface area (Å²) in [6, 6.07) is 12.9. The second-order valence-electron chi connectivity index (χ2n) is 5.63. The first-order chi connectivity index (χ1) is 13.0. The van der Waals surface area contributed by atoms with Gasteiger partial charge in [-0.3, -0.25) is 9.59 Å². The lowest BCUT2D eigenvalue weighted by Crippen LogP contribution is -2.20. The van der Waals surface area contributed by atoms with Crippen molar-refractivity contribution in [3.8, 4) is 11.5 Å². The number of phenols is 2. The van der Waals surface area contributed by atoms with E-state index in [0.29, 0.717) is 17.5 Å². The van der Waals surface area contributed by atoms with E-state index >= 15 is 0 Å². The molecule has 2 aromatic rings. The molecule has 2 amide bonds. The molecule has 0 spiro atoms. The second-order valence-corrected chi connectivity index (χ2v) is 5.63. The summed E-state index contributed by atoms with van der Waals surface area (Å²) < 4.78 is 0. The maximum absolute atomic E-state index is 11.7. The minimum absolute atomic E-state index is 0.114. The number of hydrazone groups is 2. The SMILES string of the molecule is O=C(CCCC(=O)NN=Cc1cccc(O)c1)NN=Cc1cccc(O)c1. The second kappa shape index (κ2) is 10.3. The monoisotopic (exact) mass is 368 g/mol. The molecule has 0 aliphatic heterocycles. The fourth-order valence-electron chi connectivity index (χ4n) is 2.09. The van der Waals surface area contributed by atoms with Crippen molar-refractivity contribution in [3.63, 3.8) is 0 Å². The Kier molecular flexibility index (Phi) is 7.52. The molecule has 27 heavy (non-hydrogen) atoms. The Morgan fingerprint density at radius 1 is 0.815 bits per heavy atom. The summed E-state index contributed by atoms with van der Waals surface area (Å²) in [5.74, 6) is -0.407. The molecule has 0 fully saturated rings. The van der Waals surface area contributed by atoms with Crippen molar-refractivity contribution >= 4 is 24.2 Å². The third kappa shape index (κ3) is 7.82. The van der Waals surface area contributed by atoms with Gasteiger partial charge in [0.15, 0.2) is 0 Å². The van der Waals surface area contributed by atoms with Gasteiger partial charge in [0.2, 0.25) is 11.8 Å². The van der Waals surface area contributed by atoms with Gasteiger partial charge in [-0.1, -0.05) is 24.3 Å². The van der Waals surface area contributed by atoms with E-state index in [1.165, 1.54) is 36.7 Å². The lowest BCUT2D eigenvalue weighted by molar-refractivity contribution is -0.122. The van der Waals surface area contributed by atoms with Crippen LogP contribution in [0.4, 0.5) is 0 Å². The first-order valence-corrected chi connectivity index (χ1v) is 8.25. The minimum atomic E-state index is -0.317. The number of rotatable bonds is 8. The van der Waals surface area contributed by atoms with Crippen molar-refractivity contribution in [1.82, 2.24) is 10.9 Å². The molecule has 0 unspecified atom stereocenters. The van der Waals surface area contributed by atoms with Gasteiger partial charge in [-0.2, -0.15) is 10.2 Å². The van der Waals surface area contributed by atoms with Gasteiger partial charge in [0.05, 0.1) is 12.4 Å². The molecular formula is C19H20N4O4. The zero-order valence-electron chi connectivity index (χ0n) is 14.5. The van der Waals surface area contributed by atoms with Gasteiger partial charge in [0.25, 0.3) is 0 Å². The Labute approximate surface area is 156 Å². The number of nitrogens with one attached hydrogen (secondary N) is 2. The first kappa shape index (κ1) is 19.6. The van der Waals surface area contributed by atoms with Gasteiger partial charge in [-0.25, -0.2) is 10.9 Å². The highest BCUT2D eigenvalue weighted by atomic mass is 16.3. The van der Waals surface area contributed by atoms with Gasteiger partial charge in [-0.05, 0) is 41.8 Å². The maximum Gasteiger partial charge on any atom is 0.240 e. The lowest BCUT2D eigenvalue weighted by atomic mass is 10.2. The molecule has 0 aliphatic carbocycles. The van der Waals surface area contributed by atoms with Gasteiger partial charge in [0, 0.05) is 12.8 Å². The van der Waals surface area contributed by atoms with Gasteiger partial charge in [-0.15, -0.1) is 0 Å². The number of phenolic OH excluding ortho intramolecular Hbond substituents is 2. The van der Waals surface area contributed by atoms with Crippen LogP contribution in [0.2, 0.25) is 0 Å². The smallest absolute Gasteiger partial charge is 0.240 e. The van der Waals surface area contributed by atoms with Crippen LogP contribution in [0, 0.1) is 0 Å². The van der Waals surface area contributed by atoms with Crippen LogP contribution in [-0.2, 0) is 9.59 Å². The van der Waals surface area contributed by atoms with Crippen molar-refractivity contribution < 1.29 is 19.8 Å². The molecule has 0 bridgehead atoms. The van der Waals surface area contributed by atoms with Crippen molar-refractivity contribution in [2.24, 2.45) is 10.2 Å². The quantitative estimate of drug-likeness (QED) is 0.419. The number of carbonyl (C=O) groups excluding carboxylic acids is 2. The van der Waals surface area contributed by atoms with Crippen LogP contribution >= 0.6 is 0 Å². The van der Waals surface area contributed by atoms with Crippen LogP contribution in [0.1, 0.15) is 30.4 Å². The fraction of sp³-hybridized carbons (Fsp3) is 0.158. The fourth-order valence-corrected chi connectivity index (χ4v) is 2.09. The van der Waals surface area contributed by atoms with Crippen molar-refractivity contribution in [2.75, 3.05) is 0 Å². The first-order valence-electron chi connectivity index (χ1n) is 8.25. The molecular weight excluding hydrogens is 348 g/mol. The van der Waals surface area contributed by atoms with E-state index in [1.807, 2.05) is 0 Å². The molecule has 2 aromatic carbocycles. The Hall–Kier alpha value is -3.68. The van der Waals surface area contributed by atoms with E-state index in [9.17, 15) is 19.8 Å². The van der Waals surface area contributed by atoms with Crippen molar-refractivity contribution in [1.29, 1.82) is 0 Å². The summed E-state index contributed by atoms with van der Waals surface area (Å²) in [6.45, 7) is 0. The summed E-state index contributed by atoms with van der Waals surface area (Å²) in [6.07, 6.45) is 3.46. The van der Waals surface area contributed by atoms with Crippen LogP contribution in [0.15, 0.2) is 58.7 Å². The van der Waals surface area contributed by atoms with Gasteiger partial charge in [0.1, 0.15) is 11.5 Å². The molecule has 0 saturated carbocycles. The zero-order chi connectivity index (χ0) is 19.5. The molecule has 8 nitrogen and oxygen atoms in total. The summed E-state index contributed by atoms with van der Waals surface area (Å²) in [5, 5.41) is 26.2. The van der Waals surface area contributed by atoms with Crippen LogP contribution < -0.4 is 10.9 Å². The summed E-state index contributed by atoms with van der Waals surface area (Å²) >= 11 is 0. The normalized spacial score (nSPS) is 11.0. The number of carbonyl (C=O) groups is 2. The molecule has 0 atom stereocenters. The average molecular weight is 368 g/mol. The predicted molar refractivity (Wildman–Crippen MR) is 102 cm³/mol. The molecule has 0 aliphatic rings. The van der Waals surface area contributed by atoms with E-state index < -0.39 is 0 Å². The number of amides is 2. The Bertz CT molecular complexity index is 780. The van der Waals surface area contributed by atoms with E-state index in [4.69, 9.17) is 0 Å². The number of hydrogen-bond acceptors (Lipinski definition) is 6. The number of hydrogen-bond donors (Lipinski definition) is 4. The average Bonchev–Trinajstić information content (AvgIpc) is 2.62. The summed E-state index contributed by atoms with van der Waals surface area (Å²) in [5.41, 5.74) is 6.02. The standard InChI is InChI=1S/C19H20N4O4/c24-16-6-1-4-14(10-16)12-20-22-18(26)8-3-9-19(27)23-21-13-15-5-2-7-17(25)11-15/h1-2,4-7,10-13,24-25H,3,8-9H2,(H,22,26)(H,23,27). The number of aromatic hydroxyl groups is 2. The molecule has 0 aromatic heterocycles. The van der Waals surface area contributed by atoms with Crippen LogP contribution in [0.5, 0.6) is 11.5 Å². The van der Waals surface area contributed by atoms with E-state index in [1.54, 1.807) is 24.3 Å². The highest BCUT2D eigenvalue weighted by molar-refractivity contribution is 5.84. The summed E-state index contributed by atoms with van der Waals surface area (Å²) in [7, 11) is 0. The van der Waals surface area contributed by atoms with Crippen LogP contribution in [0.25, 0.3) is 0 Å². The third-order valence-corrected chi connectivity index (χ3v) is 3.35. The largest absolute Gasteiger partial charge is 0.508 e. The minimum Gasteiger partial charge on any atom is -0.508 e. The van der Waals surface area contributed by atoms with Crippen molar-refractivity contribution in [3.05, 3.63) is 59.7 Å². The predicted octanol–water partition coefficient (Wildman–Crippen LogP) is 1.87. The van der Waals surface area contributed by atoms with E-state index in [2.05, 4.69) is 21.1 Å². The molecule has 0 saturated heterocycles. The molecule has 0 heterocycles. The molecule has 4 N–H and O–H groups in total. The Morgan fingerprint density at radius 2 is 1.26 bits per heavy atom.